The third-order valence-electron chi connectivity index (χ3n) is 6.09. The van der Waals surface area contributed by atoms with E-state index in [4.69, 9.17) is 46.0 Å². The van der Waals surface area contributed by atoms with Crippen LogP contribution in [-0.4, -0.2) is 101 Å². The van der Waals surface area contributed by atoms with Gasteiger partial charge in [0.05, 0.1) is 12.8 Å². The van der Waals surface area contributed by atoms with Crippen LogP contribution in [-0.2, 0) is 33.6 Å². The Kier molecular flexibility index (Phi) is 55.3. The molecule has 0 aromatic carbocycles. The predicted octanol–water partition coefficient (Wildman–Crippen LogP) is 5.85. The quantitative estimate of drug-likeness (QED) is 0.0526. The highest BCUT2D eigenvalue weighted by Crippen LogP contribution is 2.11. The molecule has 298 valence electrons. The molecular weight excluding hydrogens is 664 g/mol. The molecule has 0 fully saturated rings. The minimum Gasteiger partial charge on any atom is -0.481 e. The maximum Gasteiger partial charge on any atom is 0.303 e. The molecule has 0 heterocycles. The molecule has 0 amide bonds. The SMILES string of the molecule is CC(C)CCCCCCC(=O)O.CCCCC(CC)CO.CO.O=C(O)CCC(=O)O.O=C(O)CCCC(=O)O.O=C(O)CCCCC(=O)O. The first kappa shape index (κ1) is 58.4. The minimum atomic E-state index is -1.08. The summed E-state index contributed by atoms with van der Waals surface area (Å²) in [4.78, 5) is 68.8. The van der Waals surface area contributed by atoms with E-state index in [2.05, 4.69) is 27.7 Å². The van der Waals surface area contributed by atoms with Gasteiger partial charge in [0, 0.05) is 45.8 Å². The first-order valence-electron chi connectivity index (χ1n) is 16.9. The smallest absolute Gasteiger partial charge is 0.303 e. The first-order chi connectivity index (χ1) is 23.3. The van der Waals surface area contributed by atoms with E-state index in [-0.39, 0.29) is 44.9 Å². The summed E-state index contributed by atoms with van der Waals surface area (Å²) < 4.78 is 0. The van der Waals surface area contributed by atoms with Crippen LogP contribution in [0, 0.1) is 11.8 Å². The summed E-state index contributed by atoms with van der Waals surface area (Å²) in [6.07, 6.45) is 11.3. The summed E-state index contributed by atoms with van der Waals surface area (Å²) in [6.45, 7) is 9.13. The van der Waals surface area contributed by atoms with Crippen molar-refractivity contribution >= 4 is 41.8 Å². The van der Waals surface area contributed by atoms with Gasteiger partial charge in [-0.15, -0.1) is 0 Å². The Morgan fingerprint density at radius 1 is 0.420 bits per heavy atom. The molecule has 0 saturated heterocycles. The zero-order valence-corrected chi connectivity index (χ0v) is 30.7. The van der Waals surface area contributed by atoms with Gasteiger partial charge in [-0.2, -0.15) is 0 Å². The molecule has 50 heavy (non-hydrogen) atoms. The van der Waals surface area contributed by atoms with Crippen LogP contribution in [0.5, 0.6) is 0 Å². The highest BCUT2D eigenvalue weighted by Gasteiger charge is 2.03. The Bertz CT molecular complexity index is 795. The van der Waals surface area contributed by atoms with Crippen LogP contribution in [0.1, 0.15) is 150 Å². The van der Waals surface area contributed by atoms with E-state index in [0.29, 0.717) is 31.8 Å². The van der Waals surface area contributed by atoms with Crippen LogP contribution < -0.4 is 0 Å². The monoisotopic (exact) mass is 730 g/mol. The van der Waals surface area contributed by atoms with E-state index >= 15 is 0 Å². The molecule has 0 aliphatic heterocycles. The van der Waals surface area contributed by atoms with Crippen molar-refractivity contribution in [1.82, 2.24) is 0 Å². The van der Waals surface area contributed by atoms with Crippen molar-refractivity contribution in [3.8, 4) is 0 Å². The summed E-state index contributed by atoms with van der Waals surface area (Å²) in [5, 5.41) is 72.2. The van der Waals surface area contributed by atoms with Gasteiger partial charge in [0.2, 0.25) is 0 Å². The normalized spacial score (nSPS) is 9.92. The Hall–Kier alpha value is -3.79. The van der Waals surface area contributed by atoms with Gasteiger partial charge in [-0.05, 0) is 43.9 Å². The highest BCUT2D eigenvalue weighted by atomic mass is 16.4. The third kappa shape index (κ3) is 84.7. The van der Waals surface area contributed by atoms with Crippen molar-refractivity contribution in [3.63, 3.8) is 0 Å². The highest BCUT2D eigenvalue weighted by molar-refractivity contribution is 5.75. The summed E-state index contributed by atoms with van der Waals surface area (Å²) in [5.74, 6) is -5.11. The maximum atomic E-state index is 10.1. The lowest BCUT2D eigenvalue weighted by Gasteiger charge is -2.08. The van der Waals surface area contributed by atoms with E-state index in [1.54, 1.807) is 0 Å². The Morgan fingerprint density at radius 3 is 0.980 bits per heavy atom. The molecule has 1 atom stereocenters. The number of aliphatic hydroxyl groups is 2. The fraction of sp³-hybridized carbons (Fsp3) is 0.794. The Morgan fingerprint density at radius 2 is 0.720 bits per heavy atom. The van der Waals surface area contributed by atoms with Crippen LogP contribution in [0.2, 0.25) is 0 Å². The van der Waals surface area contributed by atoms with E-state index < -0.39 is 41.8 Å². The maximum absolute atomic E-state index is 10.1. The summed E-state index contributed by atoms with van der Waals surface area (Å²) in [6, 6.07) is 0. The van der Waals surface area contributed by atoms with E-state index in [1.807, 2.05) is 0 Å². The van der Waals surface area contributed by atoms with Crippen LogP contribution in [0.15, 0.2) is 0 Å². The summed E-state index contributed by atoms with van der Waals surface area (Å²) >= 11 is 0. The standard InChI is InChI=1S/C10H20O2.C8H18O.C6H10O4.C5H8O4.C4H6O4.CH4O/c1-9(2)7-5-3-4-6-8-10(11)12;1-3-5-6-8(4-2)7-9;7-5(8)3-1-2-4-6(9)10;6-4(7)2-1-3-5(8)9;5-3(6)1-2-4(7)8;1-2/h9H,3-8H2,1-2H3,(H,11,12);8-9H,3-7H2,1-2H3;1-4H2,(H,7,8)(H,9,10);1-3H2,(H,6,7)(H,8,9);1-2H2,(H,5,6)(H,7,8);2H,1H3. The molecule has 16 nitrogen and oxygen atoms in total. The molecule has 0 aliphatic rings. The number of hydrogen-bond acceptors (Lipinski definition) is 9. The van der Waals surface area contributed by atoms with Crippen LogP contribution >= 0.6 is 0 Å². The number of carbonyl (C=O) groups is 7. The summed E-state index contributed by atoms with van der Waals surface area (Å²) in [7, 11) is 1.00. The second-order valence-electron chi connectivity index (χ2n) is 11.3. The number of unbranched alkanes of at least 4 members (excludes halogenated alkanes) is 5. The second kappa shape index (κ2) is 47.3. The topological polar surface area (TPSA) is 302 Å². The van der Waals surface area contributed by atoms with Crippen LogP contribution in [0.25, 0.3) is 0 Å². The Balaban J connectivity index is -0.000000120. The van der Waals surface area contributed by atoms with E-state index in [1.165, 1.54) is 38.5 Å². The molecule has 0 bridgehead atoms. The molecule has 1 unspecified atom stereocenters. The van der Waals surface area contributed by atoms with Gasteiger partial charge in [0.25, 0.3) is 0 Å². The second-order valence-corrected chi connectivity index (χ2v) is 11.3. The molecule has 0 aromatic rings. The number of carboxylic acids is 7. The molecule has 0 radical (unpaired) electrons. The molecular formula is C34H66O16. The lowest BCUT2D eigenvalue weighted by atomic mass is 10.0. The van der Waals surface area contributed by atoms with Gasteiger partial charge in [-0.1, -0.05) is 72.6 Å². The average molecular weight is 731 g/mol. The summed E-state index contributed by atoms with van der Waals surface area (Å²) in [5.41, 5.74) is 0. The first-order valence-corrected chi connectivity index (χ1v) is 16.9. The van der Waals surface area contributed by atoms with Crippen LogP contribution in [0.3, 0.4) is 0 Å². The lowest BCUT2D eigenvalue weighted by Crippen LogP contribution is -2.03. The van der Waals surface area contributed by atoms with Crippen molar-refractivity contribution in [2.45, 2.75) is 150 Å². The fourth-order valence-electron chi connectivity index (χ4n) is 3.26. The van der Waals surface area contributed by atoms with Crippen molar-refractivity contribution in [3.05, 3.63) is 0 Å². The minimum absolute atomic E-state index is 0.0628. The van der Waals surface area contributed by atoms with Gasteiger partial charge in [0.15, 0.2) is 0 Å². The number of aliphatic carboxylic acids is 7. The average Bonchev–Trinajstić information content (AvgIpc) is 3.02. The molecule has 9 N–H and O–H groups in total. The number of aliphatic hydroxyl groups excluding tert-OH is 2. The third-order valence-corrected chi connectivity index (χ3v) is 6.09. The fourth-order valence-corrected chi connectivity index (χ4v) is 3.26. The largest absolute Gasteiger partial charge is 0.481 e. The van der Waals surface area contributed by atoms with E-state index in [9.17, 15) is 33.6 Å². The van der Waals surface area contributed by atoms with Crippen molar-refractivity contribution in [2.75, 3.05) is 13.7 Å². The van der Waals surface area contributed by atoms with Gasteiger partial charge in [-0.25, -0.2) is 0 Å². The lowest BCUT2D eigenvalue weighted by molar-refractivity contribution is -0.143. The van der Waals surface area contributed by atoms with E-state index in [0.717, 1.165) is 32.3 Å². The zero-order valence-electron chi connectivity index (χ0n) is 30.7. The zero-order chi connectivity index (χ0) is 40.3. The van der Waals surface area contributed by atoms with Gasteiger partial charge in [-0.3, -0.25) is 33.6 Å². The van der Waals surface area contributed by atoms with Gasteiger partial charge >= 0.3 is 41.8 Å². The van der Waals surface area contributed by atoms with Crippen molar-refractivity contribution in [2.24, 2.45) is 11.8 Å². The molecule has 0 aromatic heterocycles. The van der Waals surface area contributed by atoms with Gasteiger partial charge < -0.3 is 46.0 Å². The molecule has 0 spiro atoms. The van der Waals surface area contributed by atoms with Crippen molar-refractivity contribution in [1.29, 1.82) is 0 Å². The predicted molar refractivity (Wildman–Crippen MR) is 186 cm³/mol. The number of rotatable bonds is 24. The van der Waals surface area contributed by atoms with Gasteiger partial charge in [0.1, 0.15) is 0 Å². The Labute approximate surface area is 296 Å². The molecule has 0 aliphatic carbocycles. The number of carboxylic acid groups (broad SMARTS) is 7. The molecule has 0 saturated carbocycles. The molecule has 0 rings (SSSR count). The number of hydrogen-bond donors (Lipinski definition) is 9. The molecule has 16 heteroatoms. The van der Waals surface area contributed by atoms with Crippen molar-refractivity contribution < 1.29 is 79.5 Å². The van der Waals surface area contributed by atoms with Crippen LogP contribution in [0.4, 0.5) is 0 Å².